The Labute approximate surface area is 144 Å². The molecular formula is C20H26N2O2. The summed E-state index contributed by atoms with van der Waals surface area (Å²) < 4.78 is 11.9. The van der Waals surface area contributed by atoms with Crippen LogP contribution in [0.2, 0.25) is 0 Å². The number of aryl methyl sites for hydroxylation is 1. The molecule has 1 aromatic carbocycles. The molecule has 128 valence electrons. The van der Waals surface area contributed by atoms with Gasteiger partial charge in [-0.25, -0.2) is 0 Å². The van der Waals surface area contributed by atoms with Gasteiger partial charge in [0.15, 0.2) is 0 Å². The van der Waals surface area contributed by atoms with Gasteiger partial charge in [0.05, 0.1) is 0 Å². The number of ether oxygens (including phenoxy) is 2. The maximum atomic E-state index is 6.13. The molecule has 0 fully saturated rings. The molecule has 1 atom stereocenters. The van der Waals surface area contributed by atoms with Crippen LogP contribution in [0.3, 0.4) is 0 Å². The lowest BCUT2D eigenvalue weighted by Gasteiger charge is -2.24. The van der Waals surface area contributed by atoms with Gasteiger partial charge >= 0.3 is 0 Å². The predicted molar refractivity (Wildman–Crippen MR) is 96.4 cm³/mol. The highest BCUT2D eigenvalue weighted by molar-refractivity contribution is 5.77. The van der Waals surface area contributed by atoms with Crippen LogP contribution in [0, 0.1) is 19.8 Å². The first kappa shape index (κ1) is 16.8. The maximum Gasteiger partial charge on any atom is 0.134 e. The van der Waals surface area contributed by atoms with Gasteiger partial charge in [-0.05, 0) is 49.9 Å². The van der Waals surface area contributed by atoms with Gasteiger partial charge in [0.2, 0.25) is 0 Å². The van der Waals surface area contributed by atoms with Crippen LogP contribution in [0.1, 0.15) is 37.1 Å². The molecule has 0 saturated heterocycles. The summed E-state index contributed by atoms with van der Waals surface area (Å²) >= 11 is 0. The van der Waals surface area contributed by atoms with Crippen LogP contribution in [0.25, 0.3) is 11.1 Å². The van der Waals surface area contributed by atoms with E-state index < -0.39 is 0 Å². The van der Waals surface area contributed by atoms with Crippen molar-refractivity contribution in [3.63, 3.8) is 0 Å². The lowest BCUT2D eigenvalue weighted by molar-refractivity contribution is 0.263. The van der Waals surface area contributed by atoms with E-state index in [9.17, 15) is 0 Å². The van der Waals surface area contributed by atoms with Crippen LogP contribution in [-0.2, 0) is 6.61 Å². The highest BCUT2D eigenvalue weighted by Gasteiger charge is 2.21. The number of rotatable bonds is 5. The van der Waals surface area contributed by atoms with Crippen molar-refractivity contribution in [1.82, 2.24) is 4.98 Å². The summed E-state index contributed by atoms with van der Waals surface area (Å²) in [5, 5.41) is 0. The third-order valence-corrected chi connectivity index (χ3v) is 4.37. The summed E-state index contributed by atoms with van der Waals surface area (Å²) in [5.74, 6) is 2.33. The monoisotopic (exact) mass is 326 g/mol. The van der Waals surface area contributed by atoms with Crippen LogP contribution >= 0.6 is 0 Å². The number of benzene rings is 1. The highest BCUT2D eigenvalue weighted by Crippen LogP contribution is 2.42. The summed E-state index contributed by atoms with van der Waals surface area (Å²) in [6, 6.07) is 6.26. The van der Waals surface area contributed by atoms with Crippen molar-refractivity contribution in [2.75, 3.05) is 6.61 Å². The normalized spacial score (nSPS) is 13.9. The molecule has 0 radical (unpaired) electrons. The van der Waals surface area contributed by atoms with E-state index in [2.05, 4.69) is 31.0 Å². The first-order chi connectivity index (χ1) is 11.5. The summed E-state index contributed by atoms with van der Waals surface area (Å²) in [7, 11) is 0. The lowest BCUT2D eigenvalue weighted by Crippen LogP contribution is -2.29. The zero-order valence-electron chi connectivity index (χ0n) is 14.9. The van der Waals surface area contributed by atoms with E-state index in [1.54, 1.807) is 0 Å². The minimum Gasteiger partial charge on any atom is -0.492 e. The molecule has 24 heavy (non-hydrogen) atoms. The van der Waals surface area contributed by atoms with Crippen molar-refractivity contribution in [3.05, 3.63) is 41.2 Å². The molecule has 0 saturated carbocycles. The van der Waals surface area contributed by atoms with E-state index in [0.717, 1.165) is 40.3 Å². The van der Waals surface area contributed by atoms with E-state index in [1.807, 2.05) is 26.1 Å². The number of pyridine rings is 1. The van der Waals surface area contributed by atoms with E-state index in [4.69, 9.17) is 15.2 Å². The largest absolute Gasteiger partial charge is 0.492 e. The average molecular weight is 326 g/mol. The van der Waals surface area contributed by atoms with Gasteiger partial charge in [-0.15, -0.1) is 0 Å². The summed E-state index contributed by atoms with van der Waals surface area (Å²) in [4.78, 5) is 4.36. The highest BCUT2D eigenvalue weighted by atomic mass is 16.5. The van der Waals surface area contributed by atoms with Crippen molar-refractivity contribution >= 4 is 0 Å². The molecule has 2 aromatic rings. The van der Waals surface area contributed by atoms with E-state index >= 15 is 0 Å². The Morgan fingerprint density at radius 2 is 2.04 bits per heavy atom. The van der Waals surface area contributed by atoms with Crippen molar-refractivity contribution in [2.24, 2.45) is 11.7 Å². The Morgan fingerprint density at radius 3 is 2.79 bits per heavy atom. The molecule has 2 N–H and O–H groups in total. The van der Waals surface area contributed by atoms with Gasteiger partial charge in [-0.1, -0.05) is 13.8 Å². The molecule has 4 nitrogen and oxygen atoms in total. The van der Waals surface area contributed by atoms with Gasteiger partial charge in [0.1, 0.15) is 24.7 Å². The molecule has 0 amide bonds. The van der Waals surface area contributed by atoms with Crippen molar-refractivity contribution in [2.45, 2.75) is 46.8 Å². The van der Waals surface area contributed by atoms with Crippen LogP contribution in [0.4, 0.5) is 0 Å². The third kappa shape index (κ3) is 3.39. The topological polar surface area (TPSA) is 57.4 Å². The van der Waals surface area contributed by atoms with Crippen LogP contribution < -0.4 is 15.2 Å². The standard InChI is InChI=1S/C20H26N2O2/c1-12(2)7-16(21)11-23-19-6-5-17-18-8-13(3)22-9-15(18)10-24-20(17)14(19)4/h5-6,8-9,12,16H,7,10-11,21H2,1-4H3/t16-/m0/s1. The lowest BCUT2D eigenvalue weighted by atomic mass is 9.95. The number of aromatic nitrogens is 1. The minimum atomic E-state index is 0.0517. The van der Waals surface area contributed by atoms with Gasteiger partial charge in [0, 0.05) is 34.6 Å². The van der Waals surface area contributed by atoms with Crippen LogP contribution in [0.5, 0.6) is 11.5 Å². The molecule has 0 bridgehead atoms. The zero-order chi connectivity index (χ0) is 17.3. The fourth-order valence-electron chi connectivity index (χ4n) is 3.20. The second kappa shape index (κ2) is 6.81. The van der Waals surface area contributed by atoms with Crippen molar-refractivity contribution in [1.29, 1.82) is 0 Å². The fourth-order valence-corrected chi connectivity index (χ4v) is 3.20. The van der Waals surface area contributed by atoms with Gasteiger partial charge < -0.3 is 15.2 Å². The quantitative estimate of drug-likeness (QED) is 0.902. The van der Waals surface area contributed by atoms with E-state index in [-0.39, 0.29) is 6.04 Å². The predicted octanol–water partition coefficient (Wildman–Crippen LogP) is 4.01. The number of hydrogen-bond acceptors (Lipinski definition) is 4. The zero-order valence-corrected chi connectivity index (χ0v) is 14.9. The van der Waals surface area contributed by atoms with Gasteiger partial charge in [0.25, 0.3) is 0 Å². The molecule has 2 heterocycles. The van der Waals surface area contributed by atoms with E-state index in [1.165, 1.54) is 5.56 Å². The number of hydrogen-bond donors (Lipinski definition) is 1. The van der Waals surface area contributed by atoms with Crippen molar-refractivity contribution < 1.29 is 9.47 Å². The van der Waals surface area contributed by atoms with Crippen LogP contribution in [-0.4, -0.2) is 17.6 Å². The third-order valence-electron chi connectivity index (χ3n) is 4.37. The molecule has 1 aromatic heterocycles. The summed E-state index contributed by atoms with van der Waals surface area (Å²) in [5.41, 5.74) is 11.6. The Bertz CT molecular complexity index is 741. The fraction of sp³-hybridized carbons (Fsp3) is 0.450. The molecule has 4 heteroatoms. The average Bonchev–Trinajstić information content (AvgIpc) is 2.53. The Morgan fingerprint density at radius 1 is 1.25 bits per heavy atom. The minimum absolute atomic E-state index is 0.0517. The number of nitrogens with zero attached hydrogens (tertiary/aromatic N) is 1. The molecule has 0 aliphatic carbocycles. The molecule has 0 unspecified atom stereocenters. The molecule has 3 rings (SSSR count). The van der Waals surface area contributed by atoms with Crippen molar-refractivity contribution in [3.8, 4) is 22.6 Å². The second-order valence-electron chi connectivity index (χ2n) is 7.04. The first-order valence-corrected chi connectivity index (χ1v) is 8.56. The first-order valence-electron chi connectivity index (χ1n) is 8.56. The number of nitrogens with two attached hydrogens (primary N) is 1. The van der Waals surface area contributed by atoms with Gasteiger partial charge in [-0.2, -0.15) is 0 Å². The van der Waals surface area contributed by atoms with Gasteiger partial charge in [-0.3, -0.25) is 4.98 Å². The number of fused-ring (bicyclic) bond motifs is 3. The Kier molecular flexibility index (Phi) is 4.76. The molecular weight excluding hydrogens is 300 g/mol. The molecule has 1 aliphatic rings. The van der Waals surface area contributed by atoms with Crippen LogP contribution in [0.15, 0.2) is 24.4 Å². The maximum absolute atomic E-state index is 6.13. The Hall–Kier alpha value is -2.07. The SMILES string of the molecule is Cc1cc2c(cn1)COc1c-2ccc(OC[C@@H](N)CC(C)C)c1C. The second-order valence-corrected chi connectivity index (χ2v) is 7.04. The molecule has 1 aliphatic heterocycles. The smallest absolute Gasteiger partial charge is 0.134 e. The Balaban J connectivity index is 1.84. The summed E-state index contributed by atoms with van der Waals surface area (Å²) in [6.07, 6.45) is 2.86. The van der Waals surface area contributed by atoms with E-state index in [0.29, 0.717) is 19.1 Å². The summed E-state index contributed by atoms with van der Waals surface area (Å²) in [6.45, 7) is 9.47. The molecule has 0 spiro atoms.